The van der Waals surface area contributed by atoms with Crippen molar-refractivity contribution in [2.45, 2.75) is 18.9 Å². The minimum atomic E-state index is -1.29. The lowest BCUT2D eigenvalue weighted by Gasteiger charge is -2.25. The summed E-state index contributed by atoms with van der Waals surface area (Å²) in [6.07, 6.45) is 0.195. The van der Waals surface area contributed by atoms with Gasteiger partial charge < -0.3 is 15.3 Å². The quantitative estimate of drug-likeness (QED) is 0.855. The predicted molar refractivity (Wildman–Crippen MR) is 74.7 cm³/mol. The lowest BCUT2D eigenvalue weighted by atomic mass is 9.95. The maximum absolute atomic E-state index is 12.9. The van der Waals surface area contributed by atoms with E-state index in [4.69, 9.17) is 0 Å². The zero-order valence-corrected chi connectivity index (χ0v) is 12.1. The molecule has 2 unspecified atom stereocenters. The Morgan fingerprint density at radius 1 is 1.48 bits per heavy atom. The largest absolute Gasteiger partial charge is 0.384 e. The van der Waals surface area contributed by atoms with Crippen molar-refractivity contribution >= 4 is 11.8 Å². The summed E-state index contributed by atoms with van der Waals surface area (Å²) in [4.78, 5) is 24.9. The number of aliphatic hydroxyl groups is 1. The van der Waals surface area contributed by atoms with Crippen LogP contribution in [0.4, 0.5) is 4.39 Å². The van der Waals surface area contributed by atoms with Crippen LogP contribution < -0.4 is 5.32 Å². The molecule has 2 N–H and O–H groups in total. The van der Waals surface area contributed by atoms with Gasteiger partial charge >= 0.3 is 0 Å². The lowest BCUT2D eigenvalue weighted by Crippen LogP contribution is -2.41. The SMILES string of the molecule is CN1CC(C(=O)NCC(C)(O)c2ccc(F)cc2)CC1=O. The van der Waals surface area contributed by atoms with Crippen LogP contribution in [0.25, 0.3) is 0 Å². The normalized spacial score (nSPS) is 21.2. The first-order chi connectivity index (χ1) is 9.79. The topological polar surface area (TPSA) is 69.6 Å². The second-order valence-corrected chi connectivity index (χ2v) is 5.67. The highest BCUT2D eigenvalue weighted by atomic mass is 19.1. The second-order valence-electron chi connectivity index (χ2n) is 5.67. The Labute approximate surface area is 122 Å². The fourth-order valence-corrected chi connectivity index (χ4v) is 2.35. The van der Waals surface area contributed by atoms with Crippen LogP contribution in [0.5, 0.6) is 0 Å². The van der Waals surface area contributed by atoms with Crippen LogP contribution in [0.2, 0.25) is 0 Å². The van der Waals surface area contributed by atoms with E-state index in [1.165, 1.54) is 29.2 Å². The smallest absolute Gasteiger partial charge is 0.225 e. The Morgan fingerprint density at radius 2 is 2.10 bits per heavy atom. The van der Waals surface area contributed by atoms with Crippen molar-refractivity contribution < 1.29 is 19.1 Å². The molecule has 21 heavy (non-hydrogen) atoms. The number of hydrogen-bond acceptors (Lipinski definition) is 3. The van der Waals surface area contributed by atoms with Gasteiger partial charge in [-0.05, 0) is 24.6 Å². The molecule has 1 saturated heterocycles. The number of hydrogen-bond donors (Lipinski definition) is 2. The first-order valence-electron chi connectivity index (χ1n) is 6.80. The van der Waals surface area contributed by atoms with Crippen LogP contribution in [0.15, 0.2) is 24.3 Å². The number of nitrogens with zero attached hydrogens (tertiary/aromatic N) is 1. The number of likely N-dealkylation sites (tertiary alicyclic amines) is 1. The molecule has 1 heterocycles. The van der Waals surface area contributed by atoms with Gasteiger partial charge in [-0.2, -0.15) is 0 Å². The summed E-state index contributed by atoms with van der Waals surface area (Å²) in [7, 11) is 1.66. The van der Waals surface area contributed by atoms with E-state index in [-0.39, 0.29) is 36.5 Å². The number of nitrogens with one attached hydrogen (secondary N) is 1. The number of amides is 2. The maximum Gasteiger partial charge on any atom is 0.225 e. The average Bonchev–Trinajstić information content (AvgIpc) is 2.77. The van der Waals surface area contributed by atoms with Crippen LogP contribution in [-0.2, 0) is 15.2 Å². The van der Waals surface area contributed by atoms with Crippen molar-refractivity contribution in [3.8, 4) is 0 Å². The molecule has 0 aromatic heterocycles. The summed E-state index contributed by atoms with van der Waals surface area (Å²) < 4.78 is 12.9. The fourth-order valence-electron chi connectivity index (χ4n) is 2.35. The average molecular weight is 294 g/mol. The Hall–Kier alpha value is -1.95. The van der Waals surface area contributed by atoms with E-state index >= 15 is 0 Å². The van der Waals surface area contributed by atoms with Crippen molar-refractivity contribution in [3.63, 3.8) is 0 Å². The van der Waals surface area contributed by atoms with E-state index in [9.17, 15) is 19.1 Å². The molecule has 1 fully saturated rings. The molecule has 0 spiro atoms. The van der Waals surface area contributed by atoms with Gasteiger partial charge in [0.2, 0.25) is 11.8 Å². The molecule has 2 atom stereocenters. The monoisotopic (exact) mass is 294 g/mol. The number of halogens is 1. The number of rotatable bonds is 4. The molecule has 1 aromatic carbocycles. The Morgan fingerprint density at radius 3 is 2.62 bits per heavy atom. The highest BCUT2D eigenvalue weighted by Crippen LogP contribution is 2.21. The van der Waals surface area contributed by atoms with Gasteiger partial charge in [-0.1, -0.05) is 12.1 Å². The van der Waals surface area contributed by atoms with Gasteiger partial charge in [0.25, 0.3) is 0 Å². The highest BCUT2D eigenvalue weighted by molar-refractivity contribution is 5.89. The molecular weight excluding hydrogens is 275 g/mol. The first kappa shape index (κ1) is 15.4. The van der Waals surface area contributed by atoms with Gasteiger partial charge in [-0.15, -0.1) is 0 Å². The van der Waals surface area contributed by atoms with E-state index < -0.39 is 5.60 Å². The van der Waals surface area contributed by atoms with Gasteiger partial charge in [-0.3, -0.25) is 9.59 Å². The molecule has 1 aliphatic heterocycles. The minimum Gasteiger partial charge on any atom is -0.384 e. The van der Waals surface area contributed by atoms with Crippen molar-refractivity contribution in [1.29, 1.82) is 0 Å². The number of carbonyl (C=O) groups excluding carboxylic acids is 2. The van der Waals surface area contributed by atoms with Crippen LogP contribution in [0.1, 0.15) is 18.9 Å². The molecule has 2 rings (SSSR count). The van der Waals surface area contributed by atoms with Crippen molar-refractivity contribution in [3.05, 3.63) is 35.6 Å². The third kappa shape index (κ3) is 3.58. The van der Waals surface area contributed by atoms with Crippen molar-refractivity contribution in [2.24, 2.45) is 5.92 Å². The summed E-state index contributed by atoms with van der Waals surface area (Å²) in [5.74, 6) is -1.08. The summed E-state index contributed by atoms with van der Waals surface area (Å²) in [6, 6.07) is 5.48. The first-order valence-corrected chi connectivity index (χ1v) is 6.80. The van der Waals surface area contributed by atoms with E-state index in [0.717, 1.165) is 0 Å². The maximum atomic E-state index is 12.9. The molecule has 1 aliphatic rings. The Bertz CT molecular complexity index is 542. The molecule has 0 saturated carbocycles. The van der Waals surface area contributed by atoms with Crippen LogP contribution in [-0.4, -0.2) is 42.0 Å². The lowest BCUT2D eigenvalue weighted by molar-refractivity contribution is -0.128. The third-order valence-electron chi connectivity index (χ3n) is 3.78. The summed E-state index contributed by atoms with van der Waals surface area (Å²) in [5.41, 5.74) is -0.776. The third-order valence-corrected chi connectivity index (χ3v) is 3.78. The molecule has 0 aliphatic carbocycles. The van der Waals surface area contributed by atoms with Gasteiger partial charge in [0.05, 0.1) is 12.5 Å². The predicted octanol–water partition coefficient (Wildman–Crippen LogP) is 0.628. The highest BCUT2D eigenvalue weighted by Gasteiger charge is 2.33. The van der Waals surface area contributed by atoms with E-state index in [2.05, 4.69) is 5.32 Å². The van der Waals surface area contributed by atoms with Crippen LogP contribution >= 0.6 is 0 Å². The number of carbonyl (C=O) groups is 2. The van der Waals surface area contributed by atoms with Crippen molar-refractivity contribution in [1.82, 2.24) is 10.2 Å². The molecule has 0 bridgehead atoms. The van der Waals surface area contributed by atoms with E-state index in [1.54, 1.807) is 14.0 Å². The van der Waals surface area contributed by atoms with Gasteiger partial charge in [-0.25, -0.2) is 4.39 Å². The molecule has 0 radical (unpaired) electrons. The Balaban J connectivity index is 1.94. The standard InChI is InChI=1S/C15H19FN2O3/c1-15(21,11-3-5-12(16)6-4-11)9-17-14(20)10-7-13(19)18(2)8-10/h3-6,10,21H,7-9H2,1-2H3,(H,17,20). The van der Waals surface area contributed by atoms with Crippen LogP contribution in [0, 0.1) is 11.7 Å². The molecular formula is C15H19FN2O3. The van der Waals surface area contributed by atoms with Gasteiger partial charge in [0, 0.05) is 20.0 Å². The summed E-state index contributed by atoms with van der Waals surface area (Å²) >= 11 is 0. The minimum absolute atomic E-state index is 0.00582. The van der Waals surface area contributed by atoms with Crippen molar-refractivity contribution in [2.75, 3.05) is 20.1 Å². The molecule has 6 heteroatoms. The summed E-state index contributed by atoms with van der Waals surface area (Å²) in [5, 5.41) is 13.0. The second kappa shape index (κ2) is 5.81. The van der Waals surface area contributed by atoms with E-state index in [0.29, 0.717) is 12.1 Å². The molecule has 5 nitrogen and oxygen atoms in total. The zero-order chi connectivity index (χ0) is 15.6. The van der Waals surface area contributed by atoms with Gasteiger partial charge in [0.1, 0.15) is 11.4 Å². The molecule has 114 valence electrons. The molecule has 2 amide bonds. The zero-order valence-electron chi connectivity index (χ0n) is 12.1. The molecule has 1 aromatic rings. The summed E-state index contributed by atoms with van der Waals surface area (Å²) in [6.45, 7) is 1.95. The van der Waals surface area contributed by atoms with Gasteiger partial charge in [0.15, 0.2) is 0 Å². The van der Waals surface area contributed by atoms with Crippen LogP contribution in [0.3, 0.4) is 0 Å². The Kier molecular flexibility index (Phi) is 4.27. The number of benzene rings is 1. The van der Waals surface area contributed by atoms with E-state index in [1.807, 2.05) is 0 Å². The fraction of sp³-hybridized carbons (Fsp3) is 0.467.